The third-order valence-corrected chi connectivity index (χ3v) is 5.20. The van der Waals surface area contributed by atoms with E-state index < -0.39 is 0 Å². The van der Waals surface area contributed by atoms with E-state index in [4.69, 9.17) is 0 Å². The molecule has 1 heterocycles. The lowest BCUT2D eigenvalue weighted by Gasteiger charge is -2.46. The standard InChI is InChI=1S/C16H32N2/c1-12-11-18(13(2)10-17-12)15-8-6-14(7-9-15)16(3,4)5/h12-15,17H,6-11H2,1-5H3. The molecule has 2 unspecified atom stereocenters. The van der Waals surface area contributed by atoms with Gasteiger partial charge in [-0.1, -0.05) is 20.8 Å². The van der Waals surface area contributed by atoms with Gasteiger partial charge in [-0.3, -0.25) is 4.90 Å². The summed E-state index contributed by atoms with van der Waals surface area (Å²) in [7, 11) is 0. The fourth-order valence-corrected chi connectivity index (χ4v) is 3.83. The molecule has 1 aliphatic heterocycles. The van der Waals surface area contributed by atoms with Crippen molar-refractivity contribution in [2.24, 2.45) is 11.3 Å². The zero-order chi connectivity index (χ0) is 13.3. The van der Waals surface area contributed by atoms with Crippen LogP contribution in [0.1, 0.15) is 60.3 Å². The summed E-state index contributed by atoms with van der Waals surface area (Å²) in [6.45, 7) is 14.3. The van der Waals surface area contributed by atoms with Crippen LogP contribution in [0.2, 0.25) is 0 Å². The van der Waals surface area contributed by atoms with Gasteiger partial charge in [0.25, 0.3) is 0 Å². The molecule has 106 valence electrons. The van der Waals surface area contributed by atoms with Crippen molar-refractivity contribution in [1.82, 2.24) is 10.2 Å². The van der Waals surface area contributed by atoms with Gasteiger partial charge in [0, 0.05) is 31.2 Å². The lowest BCUT2D eigenvalue weighted by atomic mass is 9.71. The average molecular weight is 252 g/mol. The van der Waals surface area contributed by atoms with Crippen molar-refractivity contribution < 1.29 is 0 Å². The molecule has 0 amide bonds. The van der Waals surface area contributed by atoms with Gasteiger partial charge in [0.05, 0.1) is 0 Å². The van der Waals surface area contributed by atoms with E-state index in [-0.39, 0.29) is 0 Å². The van der Waals surface area contributed by atoms with Crippen LogP contribution < -0.4 is 5.32 Å². The lowest BCUT2D eigenvalue weighted by Crippen LogP contribution is -2.58. The van der Waals surface area contributed by atoms with Crippen molar-refractivity contribution in [3.63, 3.8) is 0 Å². The van der Waals surface area contributed by atoms with Gasteiger partial charge in [-0.15, -0.1) is 0 Å². The average Bonchev–Trinajstić information content (AvgIpc) is 2.31. The number of hydrogen-bond acceptors (Lipinski definition) is 2. The Morgan fingerprint density at radius 1 is 1.00 bits per heavy atom. The molecular formula is C16H32N2. The largest absolute Gasteiger partial charge is 0.311 e. The fourth-order valence-electron chi connectivity index (χ4n) is 3.83. The summed E-state index contributed by atoms with van der Waals surface area (Å²) in [6.07, 6.45) is 5.69. The molecule has 2 fully saturated rings. The number of nitrogens with one attached hydrogen (secondary N) is 1. The van der Waals surface area contributed by atoms with Gasteiger partial charge in [-0.05, 0) is 50.9 Å². The van der Waals surface area contributed by atoms with E-state index in [1.54, 1.807) is 0 Å². The van der Waals surface area contributed by atoms with Crippen LogP contribution in [0.25, 0.3) is 0 Å². The SMILES string of the molecule is CC1CN(C2CCC(C(C)(C)C)CC2)C(C)CN1. The highest BCUT2D eigenvalue weighted by Gasteiger charge is 2.34. The van der Waals surface area contributed by atoms with E-state index >= 15 is 0 Å². The first-order valence-electron chi connectivity index (χ1n) is 7.87. The summed E-state index contributed by atoms with van der Waals surface area (Å²) < 4.78 is 0. The normalized spacial score (nSPS) is 39.8. The second kappa shape index (κ2) is 5.50. The molecule has 2 aliphatic rings. The van der Waals surface area contributed by atoms with Crippen LogP contribution in [0.5, 0.6) is 0 Å². The van der Waals surface area contributed by atoms with E-state index in [1.165, 1.54) is 38.8 Å². The monoisotopic (exact) mass is 252 g/mol. The van der Waals surface area contributed by atoms with Gasteiger partial charge >= 0.3 is 0 Å². The molecular weight excluding hydrogens is 220 g/mol. The van der Waals surface area contributed by atoms with Crippen LogP contribution in [0.15, 0.2) is 0 Å². The predicted octanol–water partition coefficient (Wildman–Crippen LogP) is 3.27. The van der Waals surface area contributed by atoms with Crippen molar-refractivity contribution in [1.29, 1.82) is 0 Å². The quantitative estimate of drug-likeness (QED) is 0.770. The third-order valence-electron chi connectivity index (χ3n) is 5.20. The van der Waals surface area contributed by atoms with Crippen molar-refractivity contribution in [3.05, 3.63) is 0 Å². The van der Waals surface area contributed by atoms with Crippen molar-refractivity contribution in [2.45, 2.75) is 78.4 Å². The molecule has 2 rings (SSSR count). The van der Waals surface area contributed by atoms with Gasteiger partial charge in [0.2, 0.25) is 0 Å². The first-order valence-corrected chi connectivity index (χ1v) is 7.87. The molecule has 2 heteroatoms. The Balaban J connectivity index is 1.89. The van der Waals surface area contributed by atoms with Gasteiger partial charge in [0.15, 0.2) is 0 Å². The highest BCUT2D eigenvalue weighted by Crippen LogP contribution is 2.39. The molecule has 1 saturated heterocycles. The molecule has 0 aromatic carbocycles. The lowest BCUT2D eigenvalue weighted by molar-refractivity contribution is 0.0467. The first-order chi connectivity index (χ1) is 8.38. The zero-order valence-corrected chi connectivity index (χ0v) is 13.0. The minimum absolute atomic E-state index is 0.507. The Morgan fingerprint density at radius 3 is 2.17 bits per heavy atom. The summed E-state index contributed by atoms with van der Waals surface area (Å²) in [5.74, 6) is 0.935. The number of piperazine rings is 1. The van der Waals surface area contributed by atoms with E-state index in [1.807, 2.05) is 0 Å². The second-order valence-electron chi connectivity index (χ2n) is 7.73. The Labute approximate surface area is 114 Å². The Kier molecular flexibility index (Phi) is 4.38. The Bertz CT molecular complexity index is 261. The van der Waals surface area contributed by atoms with E-state index in [9.17, 15) is 0 Å². The summed E-state index contributed by atoms with van der Waals surface area (Å²) in [5, 5.41) is 3.59. The molecule has 1 saturated carbocycles. The van der Waals surface area contributed by atoms with Crippen LogP contribution in [0.4, 0.5) is 0 Å². The van der Waals surface area contributed by atoms with Crippen LogP contribution in [0, 0.1) is 11.3 Å². The molecule has 0 aromatic heterocycles. The molecule has 0 bridgehead atoms. The molecule has 0 spiro atoms. The van der Waals surface area contributed by atoms with Gasteiger partial charge < -0.3 is 5.32 Å². The van der Waals surface area contributed by atoms with Crippen LogP contribution in [-0.2, 0) is 0 Å². The molecule has 0 radical (unpaired) electrons. The van der Waals surface area contributed by atoms with Crippen LogP contribution in [-0.4, -0.2) is 36.1 Å². The third kappa shape index (κ3) is 3.27. The second-order valence-corrected chi connectivity index (χ2v) is 7.73. The predicted molar refractivity (Wildman–Crippen MR) is 78.8 cm³/mol. The van der Waals surface area contributed by atoms with Crippen molar-refractivity contribution in [3.8, 4) is 0 Å². The molecule has 1 N–H and O–H groups in total. The fraction of sp³-hybridized carbons (Fsp3) is 1.00. The molecule has 18 heavy (non-hydrogen) atoms. The van der Waals surface area contributed by atoms with E-state index in [2.05, 4.69) is 44.8 Å². The minimum Gasteiger partial charge on any atom is -0.311 e. The highest BCUT2D eigenvalue weighted by molar-refractivity contribution is 4.90. The van der Waals surface area contributed by atoms with Gasteiger partial charge in [-0.25, -0.2) is 0 Å². The number of hydrogen-bond donors (Lipinski definition) is 1. The first kappa shape index (κ1) is 14.3. The summed E-state index contributed by atoms with van der Waals surface area (Å²) in [5.41, 5.74) is 0.507. The van der Waals surface area contributed by atoms with E-state index in [0.29, 0.717) is 11.5 Å². The van der Waals surface area contributed by atoms with Crippen LogP contribution >= 0.6 is 0 Å². The summed E-state index contributed by atoms with van der Waals surface area (Å²) >= 11 is 0. The van der Waals surface area contributed by atoms with Crippen molar-refractivity contribution in [2.75, 3.05) is 13.1 Å². The molecule has 2 atom stereocenters. The number of rotatable bonds is 1. The summed E-state index contributed by atoms with van der Waals surface area (Å²) in [4.78, 5) is 2.78. The topological polar surface area (TPSA) is 15.3 Å². The van der Waals surface area contributed by atoms with Crippen LogP contribution in [0.3, 0.4) is 0 Å². The van der Waals surface area contributed by atoms with Crippen molar-refractivity contribution >= 4 is 0 Å². The molecule has 2 nitrogen and oxygen atoms in total. The minimum atomic E-state index is 0.507. The smallest absolute Gasteiger partial charge is 0.0196 e. The maximum atomic E-state index is 3.59. The molecule has 1 aliphatic carbocycles. The number of nitrogens with zero attached hydrogens (tertiary/aromatic N) is 1. The molecule has 0 aromatic rings. The van der Waals surface area contributed by atoms with E-state index in [0.717, 1.165) is 18.0 Å². The zero-order valence-electron chi connectivity index (χ0n) is 13.0. The van der Waals surface area contributed by atoms with Gasteiger partial charge in [-0.2, -0.15) is 0 Å². The maximum absolute atomic E-state index is 3.59. The maximum Gasteiger partial charge on any atom is 0.0196 e. The highest BCUT2D eigenvalue weighted by atomic mass is 15.2. The summed E-state index contributed by atoms with van der Waals surface area (Å²) in [6, 6.07) is 2.24. The Morgan fingerprint density at radius 2 is 1.61 bits per heavy atom. The Hall–Kier alpha value is -0.0800. The van der Waals surface area contributed by atoms with Gasteiger partial charge in [0.1, 0.15) is 0 Å².